The summed E-state index contributed by atoms with van der Waals surface area (Å²) in [6.07, 6.45) is 2.88. The second-order valence-corrected chi connectivity index (χ2v) is 7.05. The van der Waals surface area contributed by atoms with Crippen LogP contribution in [0.3, 0.4) is 0 Å². The minimum absolute atomic E-state index is 0.316. The first-order valence-electron chi connectivity index (χ1n) is 9.06. The molecule has 26 heavy (non-hydrogen) atoms. The zero-order valence-electron chi connectivity index (χ0n) is 14.7. The highest BCUT2D eigenvalue weighted by Crippen LogP contribution is 2.48. The largest absolute Gasteiger partial charge is 0.360 e. The third-order valence-corrected chi connectivity index (χ3v) is 5.26. The maximum Gasteiger partial charge on any atom is 0.143 e. The lowest BCUT2D eigenvalue weighted by Crippen LogP contribution is -2.35. The van der Waals surface area contributed by atoms with Crippen molar-refractivity contribution in [3.8, 4) is 0 Å². The van der Waals surface area contributed by atoms with Gasteiger partial charge in [-0.3, -0.25) is 0 Å². The first-order valence-corrected chi connectivity index (χ1v) is 9.06. The molecule has 4 rings (SSSR count). The number of hydrogen-bond donors (Lipinski definition) is 0. The minimum Gasteiger partial charge on any atom is -0.360 e. The fourth-order valence-corrected chi connectivity index (χ4v) is 3.48. The van der Waals surface area contributed by atoms with Crippen LogP contribution in [0.4, 0.5) is 0 Å². The molecule has 1 fully saturated rings. The lowest BCUT2D eigenvalue weighted by molar-refractivity contribution is -0.116. The zero-order chi connectivity index (χ0) is 17.9. The highest BCUT2D eigenvalue weighted by molar-refractivity contribution is 5.63. The van der Waals surface area contributed by atoms with E-state index in [-0.39, 0.29) is 5.41 Å². The third kappa shape index (κ3) is 2.97. The SMILES string of the molecule is O=CC1(COC(c2ccccc2)(c2ccccc2)c2ccccc2)CC1. The minimum atomic E-state index is -0.734. The maximum absolute atomic E-state index is 11.5. The van der Waals surface area contributed by atoms with Crippen molar-refractivity contribution in [3.63, 3.8) is 0 Å². The highest BCUT2D eigenvalue weighted by atomic mass is 16.5. The molecule has 1 saturated carbocycles. The highest BCUT2D eigenvalue weighted by Gasteiger charge is 2.47. The summed E-state index contributed by atoms with van der Waals surface area (Å²) in [7, 11) is 0. The van der Waals surface area contributed by atoms with Gasteiger partial charge in [0.2, 0.25) is 0 Å². The molecule has 0 bridgehead atoms. The van der Waals surface area contributed by atoms with Crippen LogP contribution in [0.5, 0.6) is 0 Å². The lowest BCUT2D eigenvalue weighted by Gasteiger charge is -2.36. The summed E-state index contributed by atoms with van der Waals surface area (Å²) in [5.41, 5.74) is 2.16. The lowest BCUT2D eigenvalue weighted by atomic mass is 9.80. The average molecular weight is 342 g/mol. The molecule has 0 aromatic heterocycles. The van der Waals surface area contributed by atoms with Gasteiger partial charge in [0.05, 0.1) is 6.61 Å². The zero-order valence-corrected chi connectivity index (χ0v) is 14.7. The van der Waals surface area contributed by atoms with E-state index in [9.17, 15) is 4.79 Å². The van der Waals surface area contributed by atoms with Gasteiger partial charge in [-0.25, -0.2) is 0 Å². The summed E-state index contributed by atoms with van der Waals surface area (Å²) in [4.78, 5) is 11.5. The topological polar surface area (TPSA) is 26.3 Å². The van der Waals surface area contributed by atoms with Gasteiger partial charge < -0.3 is 9.53 Å². The van der Waals surface area contributed by atoms with Crippen molar-refractivity contribution in [2.24, 2.45) is 5.41 Å². The maximum atomic E-state index is 11.5. The molecule has 0 atom stereocenters. The van der Waals surface area contributed by atoms with Crippen LogP contribution in [0.2, 0.25) is 0 Å². The van der Waals surface area contributed by atoms with E-state index in [0.717, 1.165) is 35.8 Å². The fourth-order valence-electron chi connectivity index (χ4n) is 3.48. The first-order chi connectivity index (χ1) is 12.8. The van der Waals surface area contributed by atoms with Crippen LogP contribution in [0.1, 0.15) is 29.5 Å². The normalized spacial score (nSPS) is 15.4. The van der Waals surface area contributed by atoms with Gasteiger partial charge in [-0.2, -0.15) is 0 Å². The van der Waals surface area contributed by atoms with Gasteiger partial charge in [-0.15, -0.1) is 0 Å². The number of carbonyl (C=O) groups excluding carboxylic acids is 1. The van der Waals surface area contributed by atoms with E-state index in [4.69, 9.17) is 4.74 Å². The van der Waals surface area contributed by atoms with Gasteiger partial charge in [0.25, 0.3) is 0 Å². The second-order valence-electron chi connectivity index (χ2n) is 7.05. The Kier molecular flexibility index (Phi) is 4.44. The Bertz CT molecular complexity index is 756. The van der Waals surface area contributed by atoms with E-state index < -0.39 is 5.60 Å². The Hall–Kier alpha value is -2.71. The van der Waals surface area contributed by atoms with Crippen LogP contribution in [-0.4, -0.2) is 12.9 Å². The van der Waals surface area contributed by atoms with E-state index in [1.807, 2.05) is 54.6 Å². The number of ether oxygens (including phenoxy) is 1. The Labute approximate surface area is 154 Å². The number of carbonyl (C=O) groups is 1. The molecule has 0 unspecified atom stereocenters. The average Bonchev–Trinajstić information content (AvgIpc) is 3.51. The Balaban J connectivity index is 1.89. The molecule has 0 radical (unpaired) electrons. The van der Waals surface area contributed by atoms with Gasteiger partial charge in [0.15, 0.2) is 0 Å². The predicted octanol–water partition coefficient (Wildman–Crippen LogP) is 4.97. The van der Waals surface area contributed by atoms with E-state index in [2.05, 4.69) is 36.4 Å². The number of rotatable bonds is 7. The molecule has 0 N–H and O–H groups in total. The van der Waals surface area contributed by atoms with E-state index >= 15 is 0 Å². The van der Waals surface area contributed by atoms with Gasteiger partial charge in [0.1, 0.15) is 11.9 Å². The molecule has 0 saturated heterocycles. The summed E-state index contributed by atoms with van der Waals surface area (Å²) >= 11 is 0. The molecule has 3 aromatic carbocycles. The molecule has 2 heteroatoms. The summed E-state index contributed by atoms with van der Waals surface area (Å²) in [5, 5.41) is 0. The molecule has 0 heterocycles. The molecule has 130 valence electrons. The molecule has 2 nitrogen and oxygen atoms in total. The van der Waals surface area contributed by atoms with Gasteiger partial charge >= 0.3 is 0 Å². The van der Waals surface area contributed by atoms with E-state index in [0.29, 0.717) is 6.61 Å². The second kappa shape index (κ2) is 6.89. The molecule has 1 aliphatic rings. The van der Waals surface area contributed by atoms with Crippen molar-refractivity contribution in [2.75, 3.05) is 6.61 Å². The molecular formula is C24H22O2. The number of hydrogen-bond acceptors (Lipinski definition) is 2. The fraction of sp³-hybridized carbons (Fsp3) is 0.208. The summed E-state index contributed by atoms with van der Waals surface area (Å²) < 4.78 is 6.67. The number of aldehydes is 1. The van der Waals surface area contributed by atoms with Crippen molar-refractivity contribution < 1.29 is 9.53 Å². The summed E-state index contributed by atoms with van der Waals surface area (Å²) in [6, 6.07) is 30.8. The molecule has 0 amide bonds. The monoisotopic (exact) mass is 342 g/mol. The van der Waals surface area contributed by atoms with Gasteiger partial charge in [0, 0.05) is 5.41 Å². The van der Waals surface area contributed by atoms with Crippen LogP contribution in [-0.2, 0) is 15.1 Å². The molecule has 0 spiro atoms. The van der Waals surface area contributed by atoms with Crippen LogP contribution >= 0.6 is 0 Å². The number of benzene rings is 3. The van der Waals surface area contributed by atoms with Gasteiger partial charge in [-0.05, 0) is 29.5 Å². The van der Waals surface area contributed by atoms with E-state index in [1.165, 1.54) is 0 Å². The van der Waals surface area contributed by atoms with Crippen molar-refractivity contribution in [1.82, 2.24) is 0 Å². The third-order valence-electron chi connectivity index (χ3n) is 5.26. The van der Waals surface area contributed by atoms with Crippen LogP contribution in [0, 0.1) is 5.41 Å². The Morgan fingerprint density at radius 3 is 1.42 bits per heavy atom. The molecule has 0 aliphatic heterocycles. The smallest absolute Gasteiger partial charge is 0.143 e. The standard InChI is InChI=1S/C24H22O2/c25-18-23(16-17-23)19-26-24(20-10-4-1-5-11-20,21-12-6-2-7-13-21)22-14-8-3-9-15-22/h1-15,18H,16-17,19H2. The quantitative estimate of drug-likeness (QED) is 0.447. The van der Waals surface area contributed by atoms with Crippen LogP contribution in [0.25, 0.3) is 0 Å². The van der Waals surface area contributed by atoms with Crippen LogP contribution in [0.15, 0.2) is 91.0 Å². The molecule has 1 aliphatic carbocycles. The first kappa shape index (κ1) is 16.7. The summed E-state index contributed by atoms with van der Waals surface area (Å²) in [6.45, 7) is 0.426. The van der Waals surface area contributed by atoms with Gasteiger partial charge in [-0.1, -0.05) is 91.0 Å². The van der Waals surface area contributed by atoms with E-state index in [1.54, 1.807) is 0 Å². The predicted molar refractivity (Wildman–Crippen MR) is 103 cm³/mol. The summed E-state index contributed by atoms with van der Waals surface area (Å²) in [5.74, 6) is 0. The Morgan fingerprint density at radius 2 is 1.12 bits per heavy atom. The van der Waals surface area contributed by atoms with Crippen molar-refractivity contribution in [1.29, 1.82) is 0 Å². The Morgan fingerprint density at radius 1 is 0.731 bits per heavy atom. The van der Waals surface area contributed by atoms with Crippen molar-refractivity contribution in [3.05, 3.63) is 108 Å². The van der Waals surface area contributed by atoms with Crippen molar-refractivity contribution >= 4 is 6.29 Å². The van der Waals surface area contributed by atoms with Crippen molar-refractivity contribution in [2.45, 2.75) is 18.4 Å². The van der Waals surface area contributed by atoms with Crippen LogP contribution < -0.4 is 0 Å². The molecule has 3 aromatic rings. The molecular weight excluding hydrogens is 320 g/mol.